The lowest BCUT2D eigenvalue weighted by molar-refractivity contribution is 0.0976. The van der Waals surface area contributed by atoms with E-state index in [2.05, 4.69) is 6.92 Å². The van der Waals surface area contributed by atoms with Crippen molar-refractivity contribution in [1.29, 1.82) is 0 Å². The second kappa shape index (κ2) is 4.84. The fraction of sp³-hybridized carbons (Fsp3) is 0.462. The number of ketones is 1. The molecule has 1 fully saturated rings. The van der Waals surface area contributed by atoms with E-state index in [1.165, 1.54) is 17.7 Å². The highest BCUT2D eigenvalue weighted by molar-refractivity contribution is 7.99. The number of carbonyl (C=O) groups is 1. The highest BCUT2D eigenvalue weighted by atomic mass is 32.2. The molecule has 2 heteroatoms. The van der Waals surface area contributed by atoms with Gasteiger partial charge in [-0.15, -0.1) is 11.8 Å². The van der Waals surface area contributed by atoms with E-state index in [1.54, 1.807) is 0 Å². The zero-order valence-electron chi connectivity index (χ0n) is 9.03. The van der Waals surface area contributed by atoms with Crippen molar-refractivity contribution in [2.75, 3.05) is 5.75 Å². The number of Topliss-reactive ketones (excluding diaryl/α,β-unsaturated/α-hetero) is 1. The zero-order valence-corrected chi connectivity index (χ0v) is 9.85. The Morgan fingerprint density at radius 2 is 2.00 bits per heavy atom. The van der Waals surface area contributed by atoms with Crippen molar-refractivity contribution >= 4 is 17.5 Å². The fourth-order valence-corrected chi connectivity index (χ4v) is 2.27. The molecule has 0 N–H and O–H groups in total. The molecule has 0 radical (unpaired) electrons. The van der Waals surface area contributed by atoms with Crippen LogP contribution in [0.5, 0.6) is 0 Å². The SMILES string of the molecule is CCSc1ccc(C(=O)CC2CC2)cc1. The van der Waals surface area contributed by atoms with Crippen LogP contribution in [0.1, 0.15) is 36.5 Å². The maximum Gasteiger partial charge on any atom is 0.163 e. The number of rotatable bonds is 5. The van der Waals surface area contributed by atoms with Gasteiger partial charge in [0.15, 0.2) is 5.78 Å². The molecule has 0 aromatic heterocycles. The van der Waals surface area contributed by atoms with Gasteiger partial charge in [-0.2, -0.15) is 0 Å². The number of hydrogen-bond acceptors (Lipinski definition) is 2. The van der Waals surface area contributed by atoms with E-state index in [1.807, 2.05) is 36.0 Å². The third-order valence-electron chi connectivity index (χ3n) is 2.66. The summed E-state index contributed by atoms with van der Waals surface area (Å²) in [5.41, 5.74) is 0.877. The van der Waals surface area contributed by atoms with Crippen LogP contribution in [0.4, 0.5) is 0 Å². The number of hydrogen-bond donors (Lipinski definition) is 0. The molecule has 1 aliphatic carbocycles. The van der Waals surface area contributed by atoms with E-state index in [4.69, 9.17) is 0 Å². The maximum atomic E-state index is 11.8. The van der Waals surface area contributed by atoms with Gasteiger partial charge in [-0.05, 0) is 36.6 Å². The number of carbonyl (C=O) groups excluding carboxylic acids is 1. The summed E-state index contributed by atoms with van der Waals surface area (Å²) in [6.07, 6.45) is 3.24. The van der Waals surface area contributed by atoms with E-state index < -0.39 is 0 Å². The van der Waals surface area contributed by atoms with Gasteiger partial charge in [0.25, 0.3) is 0 Å². The smallest absolute Gasteiger partial charge is 0.163 e. The molecule has 0 aliphatic heterocycles. The average molecular weight is 220 g/mol. The van der Waals surface area contributed by atoms with Crippen molar-refractivity contribution in [2.24, 2.45) is 5.92 Å². The predicted octanol–water partition coefficient (Wildman–Crippen LogP) is 3.78. The van der Waals surface area contributed by atoms with Crippen molar-refractivity contribution in [3.05, 3.63) is 29.8 Å². The van der Waals surface area contributed by atoms with Crippen molar-refractivity contribution < 1.29 is 4.79 Å². The molecular weight excluding hydrogens is 204 g/mol. The van der Waals surface area contributed by atoms with Crippen LogP contribution in [-0.4, -0.2) is 11.5 Å². The first kappa shape index (κ1) is 10.7. The summed E-state index contributed by atoms with van der Waals surface area (Å²) in [7, 11) is 0. The van der Waals surface area contributed by atoms with Gasteiger partial charge in [-0.1, -0.05) is 19.1 Å². The zero-order chi connectivity index (χ0) is 10.7. The van der Waals surface area contributed by atoms with Crippen LogP contribution < -0.4 is 0 Å². The van der Waals surface area contributed by atoms with Crippen LogP contribution in [0.2, 0.25) is 0 Å². The Morgan fingerprint density at radius 3 is 2.53 bits per heavy atom. The second-order valence-electron chi connectivity index (χ2n) is 4.03. The van der Waals surface area contributed by atoms with Crippen molar-refractivity contribution in [3.8, 4) is 0 Å². The summed E-state index contributed by atoms with van der Waals surface area (Å²) in [6.45, 7) is 2.14. The monoisotopic (exact) mass is 220 g/mol. The first-order chi connectivity index (χ1) is 7.29. The van der Waals surface area contributed by atoms with Crippen molar-refractivity contribution in [3.63, 3.8) is 0 Å². The number of benzene rings is 1. The average Bonchev–Trinajstić information content (AvgIpc) is 3.03. The summed E-state index contributed by atoms with van der Waals surface area (Å²) in [5, 5.41) is 0. The van der Waals surface area contributed by atoms with Crippen molar-refractivity contribution in [2.45, 2.75) is 31.1 Å². The lowest BCUT2D eigenvalue weighted by Gasteiger charge is -2.01. The fourth-order valence-electron chi connectivity index (χ4n) is 1.61. The van der Waals surface area contributed by atoms with Gasteiger partial charge in [0.05, 0.1) is 0 Å². The van der Waals surface area contributed by atoms with Crippen LogP contribution in [0, 0.1) is 5.92 Å². The molecule has 0 bridgehead atoms. The van der Waals surface area contributed by atoms with Gasteiger partial charge in [0, 0.05) is 16.9 Å². The van der Waals surface area contributed by atoms with Crippen LogP contribution >= 0.6 is 11.8 Å². The third-order valence-corrected chi connectivity index (χ3v) is 3.55. The Labute approximate surface area is 95.3 Å². The molecule has 2 rings (SSSR count). The minimum absolute atomic E-state index is 0.311. The van der Waals surface area contributed by atoms with Crippen molar-refractivity contribution in [1.82, 2.24) is 0 Å². The summed E-state index contributed by atoms with van der Waals surface area (Å²) >= 11 is 1.81. The first-order valence-electron chi connectivity index (χ1n) is 5.55. The summed E-state index contributed by atoms with van der Waals surface area (Å²) < 4.78 is 0. The normalized spacial score (nSPS) is 15.3. The molecule has 0 amide bonds. The Bertz CT molecular complexity index is 338. The molecule has 15 heavy (non-hydrogen) atoms. The molecule has 1 aliphatic rings. The van der Waals surface area contributed by atoms with Crippen LogP contribution in [0.25, 0.3) is 0 Å². The summed E-state index contributed by atoms with van der Waals surface area (Å²) in [4.78, 5) is 13.0. The molecule has 1 nitrogen and oxygen atoms in total. The molecule has 1 saturated carbocycles. The molecule has 0 spiro atoms. The molecule has 1 aromatic carbocycles. The molecule has 0 saturated heterocycles. The summed E-state index contributed by atoms with van der Waals surface area (Å²) in [5.74, 6) is 2.07. The Hall–Kier alpha value is -0.760. The van der Waals surface area contributed by atoms with Gasteiger partial charge in [0.2, 0.25) is 0 Å². The molecule has 0 atom stereocenters. The molecule has 80 valence electrons. The second-order valence-corrected chi connectivity index (χ2v) is 5.37. The van der Waals surface area contributed by atoms with E-state index in [9.17, 15) is 4.79 Å². The maximum absolute atomic E-state index is 11.8. The van der Waals surface area contributed by atoms with E-state index in [0.717, 1.165) is 17.7 Å². The molecule has 1 aromatic rings. The highest BCUT2D eigenvalue weighted by Gasteiger charge is 2.24. The highest BCUT2D eigenvalue weighted by Crippen LogP contribution is 2.33. The largest absolute Gasteiger partial charge is 0.294 e. The molecule has 0 unspecified atom stereocenters. The lowest BCUT2D eigenvalue weighted by atomic mass is 10.1. The van der Waals surface area contributed by atoms with Gasteiger partial charge in [-0.25, -0.2) is 0 Å². The number of thioether (sulfide) groups is 1. The standard InChI is InChI=1S/C13H16OS/c1-2-15-12-7-5-11(6-8-12)13(14)9-10-3-4-10/h5-8,10H,2-4,9H2,1H3. The quantitative estimate of drug-likeness (QED) is 0.555. The molecule has 0 heterocycles. The predicted molar refractivity (Wildman–Crippen MR) is 64.5 cm³/mol. The van der Waals surface area contributed by atoms with Gasteiger partial charge in [-0.3, -0.25) is 4.79 Å². The molecular formula is C13H16OS. The Morgan fingerprint density at radius 1 is 1.33 bits per heavy atom. The topological polar surface area (TPSA) is 17.1 Å². The van der Waals surface area contributed by atoms with Crippen LogP contribution in [-0.2, 0) is 0 Å². The van der Waals surface area contributed by atoms with E-state index >= 15 is 0 Å². The van der Waals surface area contributed by atoms with Crippen LogP contribution in [0.3, 0.4) is 0 Å². The Kier molecular flexibility index (Phi) is 3.47. The van der Waals surface area contributed by atoms with Gasteiger partial charge in [0.1, 0.15) is 0 Å². The van der Waals surface area contributed by atoms with Gasteiger partial charge >= 0.3 is 0 Å². The van der Waals surface area contributed by atoms with Gasteiger partial charge < -0.3 is 0 Å². The minimum Gasteiger partial charge on any atom is -0.294 e. The Balaban J connectivity index is 1.98. The van der Waals surface area contributed by atoms with E-state index in [0.29, 0.717) is 11.7 Å². The van der Waals surface area contributed by atoms with E-state index in [-0.39, 0.29) is 0 Å². The lowest BCUT2D eigenvalue weighted by Crippen LogP contribution is -1.99. The third kappa shape index (κ3) is 3.10. The first-order valence-corrected chi connectivity index (χ1v) is 6.54. The minimum atomic E-state index is 0.311. The van der Waals surface area contributed by atoms with Crippen LogP contribution in [0.15, 0.2) is 29.2 Å². The summed E-state index contributed by atoms with van der Waals surface area (Å²) in [6, 6.07) is 8.02.